The third-order valence-electron chi connectivity index (χ3n) is 3.01. The van der Waals surface area contributed by atoms with Crippen LogP contribution in [-0.4, -0.2) is 16.5 Å². The molecule has 0 aliphatic carbocycles. The van der Waals surface area contributed by atoms with Crippen molar-refractivity contribution in [1.29, 1.82) is 0 Å². The predicted octanol–water partition coefficient (Wildman–Crippen LogP) is 2.71. The van der Waals surface area contributed by atoms with Gasteiger partial charge in [-0.3, -0.25) is 4.79 Å². The minimum Gasteiger partial charge on any atom is -0.369 e. The van der Waals surface area contributed by atoms with Gasteiger partial charge in [-0.05, 0) is 40.3 Å². The average Bonchev–Trinajstić information content (AvgIpc) is 2.23. The largest absolute Gasteiger partial charge is 0.369 e. The van der Waals surface area contributed by atoms with Crippen molar-refractivity contribution in [2.45, 2.75) is 27.7 Å². The Morgan fingerprint density at radius 1 is 1.35 bits per heavy atom. The molecule has 1 aromatic rings. The predicted molar refractivity (Wildman–Crippen MR) is 79.2 cm³/mol. The maximum atomic E-state index is 11.4. The monoisotopic (exact) mass is 349 g/mol. The molecule has 0 radical (unpaired) electrons. The number of nitrogens with zero attached hydrogens (tertiary/aromatic N) is 1. The standard InChI is InChI=1S/C12H20IN3O/c1-7(2)9(8(3)4)5-14-11-10(13)12(17)16-6-15-11/h6-9H,5H2,1-4H3,(H2,14,15,16,17). The molecule has 1 aromatic heterocycles. The van der Waals surface area contributed by atoms with Crippen molar-refractivity contribution >= 4 is 28.4 Å². The molecule has 0 aliphatic heterocycles. The summed E-state index contributed by atoms with van der Waals surface area (Å²) < 4.78 is 0.622. The molecule has 0 bridgehead atoms. The molecule has 0 aliphatic rings. The van der Waals surface area contributed by atoms with Crippen LogP contribution in [0.2, 0.25) is 0 Å². The van der Waals surface area contributed by atoms with Crippen molar-refractivity contribution in [1.82, 2.24) is 9.97 Å². The summed E-state index contributed by atoms with van der Waals surface area (Å²) in [6, 6.07) is 0. The summed E-state index contributed by atoms with van der Waals surface area (Å²) in [6.45, 7) is 9.75. The van der Waals surface area contributed by atoms with Crippen molar-refractivity contribution in [3.05, 3.63) is 20.3 Å². The highest BCUT2D eigenvalue weighted by molar-refractivity contribution is 14.1. The zero-order chi connectivity index (χ0) is 13.0. The van der Waals surface area contributed by atoms with E-state index in [0.29, 0.717) is 27.1 Å². The zero-order valence-corrected chi connectivity index (χ0v) is 12.9. The second-order valence-corrected chi connectivity index (χ2v) is 6.01. The number of nitrogens with one attached hydrogen (secondary N) is 2. The lowest BCUT2D eigenvalue weighted by Gasteiger charge is -2.25. The van der Waals surface area contributed by atoms with Crippen LogP contribution >= 0.6 is 22.6 Å². The lowest BCUT2D eigenvalue weighted by molar-refractivity contribution is 0.304. The van der Waals surface area contributed by atoms with Gasteiger partial charge in [-0.1, -0.05) is 27.7 Å². The summed E-state index contributed by atoms with van der Waals surface area (Å²) >= 11 is 2.02. The molecule has 17 heavy (non-hydrogen) atoms. The Morgan fingerprint density at radius 2 is 1.94 bits per heavy atom. The second-order valence-electron chi connectivity index (χ2n) is 4.93. The normalized spacial score (nSPS) is 11.5. The van der Waals surface area contributed by atoms with Crippen molar-refractivity contribution in [3.8, 4) is 0 Å². The molecule has 2 N–H and O–H groups in total. The highest BCUT2D eigenvalue weighted by Gasteiger charge is 2.18. The van der Waals surface area contributed by atoms with Gasteiger partial charge in [0.25, 0.3) is 5.56 Å². The molecule has 96 valence electrons. The quantitative estimate of drug-likeness (QED) is 0.804. The van der Waals surface area contributed by atoms with Crippen molar-refractivity contribution in [2.24, 2.45) is 17.8 Å². The van der Waals surface area contributed by atoms with Crippen LogP contribution in [0, 0.1) is 21.3 Å². The van der Waals surface area contributed by atoms with Gasteiger partial charge in [-0.25, -0.2) is 4.98 Å². The van der Waals surface area contributed by atoms with Gasteiger partial charge in [0.2, 0.25) is 0 Å². The van der Waals surface area contributed by atoms with Crippen molar-refractivity contribution in [3.63, 3.8) is 0 Å². The zero-order valence-electron chi connectivity index (χ0n) is 10.7. The van der Waals surface area contributed by atoms with Gasteiger partial charge in [-0.15, -0.1) is 0 Å². The Hall–Kier alpha value is -0.590. The van der Waals surface area contributed by atoms with E-state index in [2.05, 4.69) is 43.0 Å². The van der Waals surface area contributed by atoms with E-state index in [1.165, 1.54) is 6.33 Å². The number of hydrogen-bond acceptors (Lipinski definition) is 3. The number of H-pyrrole nitrogens is 1. The highest BCUT2D eigenvalue weighted by atomic mass is 127. The molecule has 0 unspecified atom stereocenters. The van der Waals surface area contributed by atoms with Gasteiger partial charge in [0.05, 0.1) is 6.33 Å². The van der Waals surface area contributed by atoms with E-state index in [9.17, 15) is 4.79 Å². The van der Waals surface area contributed by atoms with E-state index in [4.69, 9.17) is 0 Å². The molecule has 4 nitrogen and oxygen atoms in total. The number of aromatic amines is 1. The summed E-state index contributed by atoms with van der Waals surface area (Å²) in [5.41, 5.74) is -0.0891. The van der Waals surface area contributed by atoms with E-state index in [1.807, 2.05) is 22.6 Å². The summed E-state index contributed by atoms with van der Waals surface area (Å²) in [7, 11) is 0. The van der Waals surface area contributed by atoms with E-state index in [0.717, 1.165) is 6.54 Å². The van der Waals surface area contributed by atoms with E-state index in [-0.39, 0.29) is 5.56 Å². The Bertz CT molecular complexity index is 406. The van der Waals surface area contributed by atoms with E-state index >= 15 is 0 Å². The van der Waals surface area contributed by atoms with Crippen LogP contribution in [0.15, 0.2) is 11.1 Å². The molecule has 0 saturated heterocycles. The average molecular weight is 349 g/mol. The summed E-state index contributed by atoms with van der Waals surface area (Å²) in [5, 5.41) is 3.28. The number of aromatic nitrogens is 2. The van der Waals surface area contributed by atoms with Crippen LogP contribution in [0.5, 0.6) is 0 Å². The molecule has 0 aromatic carbocycles. The van der Waals surface area contributed by atoms with Crippen LogP contribution in [0.25, 0.3) is 0 Å². The molecule has 0 saturated carbocycles. The molecular weight excluding hydrogens is 329 g/mol. The minimum absolute atomic E-state index is 0.0891. The van der Waals surface area contributed by atoms with E-state index < -0.39 is 0 Å². The topological polar surface area (TPSA) is 57.8 Å². The van der Waals surface area contributed by atoms with Crippen molar-refractivity contribution < 1.29 is 0 Å². The third kappa shape index (κ3) is 3.97. The van der Waals surface area contributed by atoms with Gasteiger partial charge in [0, 0.05) is 6.54 Å². The van der Waals surface area contributed by atoms with Gasteiger partial charge < -0.3 is 10.3 Å². The van der Waals surface area contributed by atoms with E-state index in [1.54, 1.807) is 0 Å². The summed E-state index contributed by atoms with van der Waals surface area (Å²) in [4.78, 5) is 18.1. The molecule has 5 heteroatoms. The fraction of sp³-hybridized carbons (Fsp3) is 0.667. The number of anilines is 1. The highest BCUT2D eigenvalue weighted by Crippen LogP contribution is 2.21. The fourth-order valence-electron chi connectivity index (χ4n) is 1.96. The van der Waals surface area contributed by atoms with Crippen LogP contribution in [0.1, 0.15) is 27.7 Å². The Kier molecular flexibility index (Phi) is 5.42. The second kappa shape index (κ2) is 6.37. The van der Waals surface area contributed by atoms with Gasteiger partial charge in [0.1, 0.15) is 9.39 Å². The molecule has 0 amide bonds. The van der Waals surface area contributed by atoms with Crippen LogP contribution in [0.4, 0.5) is 5.82 Å². The molecule has 0 atom stereocenters. The molecular formula is C12H20IN3O. The van der Waals surface area contributed by atoms with Gasteiger partial charge in [0.15, 0.2) is 0 Å². The maximum Gasteiger partial charge on any atom is 0.266 e. The molecule has 0 spiro atoms. The van der Waals surface area contributed by atoms with Gasteiger partial charge >= 0.3 is 0 Å². The van der Waals surface area contributed by atoms with Crippen LogP contribution in [0.3, 0.4) is 0 Å². The molecule has 1 rings (SSSR count). The number of hydrogen-bond donors (Lipinski definition) is 2. The third-order valence-corrected chi connectivity index (χ3v) is 4.02. The Balaban J connectivity index is 2.72. The van der Waals surface area contributed by atoms with Crippen LogP contribution in [-0.2, 0) is 0 Å². The first kappa shape index (κ1) is 14.5. The fourth-order valence-corrected chi connectivity index (χ4v) is 2.45. The number of halogens is 1. The first-order chi connectivity index (χ1) is 7.93. The smallest absolute Gasteiger partial charge is 0.266 e. The maximum absolute atomic E-state index is 11.4. The van der Waals surface area contributed by atoms with Gasteiger partial charge in [-0.2, -0.15) is 0 Å². The molecule has 1 heterocycles. The lowest BCUT2D eigenvalue weighted by Crippen LogP contribution is -2.26. The first-order valence-electron chi connectivity index (χ1n) is 5.90. The first-order valence-corrected chi connectivity index (χ1v) is 6.98. The Morgan fingerprint density at radius 3 is 2.47 bits per heavy atom. The molecule has 0 fully saturated rings. The Labute approximate surface area is 116 Å². The summed E-state index contributed by atoms with van der Waals surface area (Å²) in [6.07, 6.45) is 1.44. The summed E-state index contributed by atoms with van der Waals surface area (Å²) in [5.74, 6) is 2.48. The minimum atomic E-state index is -0.0891. The number of rotatable bonds is 5. The van der Waals surface area contributed by atoms with Crippen LogP contribution < -0.4 is 10.9 Å². The lowest BCUT2D eigenvalue weighted by atomic mass is 9.85. The SMILES string of the molecule is CC(C)C(CNc1nc[nH]c(=O)c1I)C(C)C. The van der Waals surface area contributed by atoms with Crippen molar-refractivity contribution in [2.75, 3.05) is 11.9 Å².